The fourth-order valence-electron chi connectivity index (χ4n) is 1.44. The summed E-state index contributed by atoms with van der Waals surface area (Å²) in [5.41, 5.74) is -0.678. The predicted molar refractivity (Wildman–Crippen MR) is 73.2 cm³/mol. The molecule has 106 valence electrons. The number of hydrogen-bond acceptors (Lipinski definition) is 5. The van der Waals surface area contributed by atoms with Crippen molar-refractivity contribution in [2.45, 2.75) is 32.8 Å². The second-order valence-electron chi connectivity index (χ2n) is 5.02. The molecule has 0 atom stereocenters. The predicted octanol–water partition coefficient (Wildman–Crippen LogP) is 1.25. The third-order valence-corrected chi connectivity index (χ3v) is 2.44. The van der Waals surface area contributed by atoms with Gasteiger partial charge in [-0.05, 0) is 26.8 Å². The molecule has 1 heterocycles. The average molecular weight is 286 g/mol. The zero-order valence-corrected chi connectivity index (χ0v) is 12.1. The van der Waals surface area contributed by atoms with Crippen LogP contribution in [0.5, 0.6) is 0 Å². The van der Waals surface area contributed by atoms with Gasteiger partial charge in [0, 0.05) is 11.1 Å². The molecule has 0 unspecified atom stereocenters. The molecule has 0 aromatic rings. The Bertz CT molecular complexity index is 414. The minimum Gasteiger partial charge on any atom is -0.442 e. The van der Waals surface area contributed by atoms with Crippen LogP contribution < -0.4 is 0 Å². The lowest BCUT2D eigenvalue weighted by molar-refractivity contribution is -0.141. The van der Waals surface area contributed by atoms with Gasteiger partial charge >= 0.3 is 6.09 Å². The molecule has 0 fully saturated rings. The standard InChI is InChI=1S/C12H18N2O4S/c1-12(2,3)18-11(17)14(6-7-15)13-5-4-9(19)8-10(13)16/h4-5,15H,6-8H2,1-3H3. The number of thiocarbonyl (C=S) groups is 1. The van der Waals surface area contributed by atoms with Crippen LogP contribution in [0.15, 0.2) is 12.3 Å². The van der Waals surface area contributed by atoms with E-state index >= 15 is 0 Å². The first-order valence-electron chi connectivity index (χ1n) is 5.89. The van der Waals surface area contributed by atoms with Crippen molar-refractivity contribution in [3.05, 3.63) is 12.3 Å². The second kappa shape index (κ2) is 6.12. The van der Waals surface area contributed by atoms with Crippen LogP contribution in [-0.2, 0) is 9.53 Å². The van der Waals surface area contributed by atoms with Gasteiger partial charge in [-0.15, -0.1) is 0 Å². The monoisotopic (exact) mass is 286 g/mol. The number of carbonyl (C=O) groups is 2. The summed E-state index contributed by atoms with van der Waals surface area (Å²) in [6.45, 7) is 4.88. The Hall–Kier alpha value is -1.47. The van der Waals surface area contributed by atoms with Gasteiger partial charge in [0.1, 0.15) is 5.60 Å². The number of carbonyl (C=O) groups excluding carboxylic acids is 2. The molecular formula is C12H18N2O4S. The number of nitrogens with zero attached hydrogens (tertiary/aromatic N) is 2. The Morgan fingerprint density at radius 2 is 2.21 bits per heavy atom. The lowest BCUT2D eigenvalue weighted by atomic mass is 10.2. The van der Waals surface area contributed by atoms with E-state index < -0.39 is 11.7 Å². The zero-order valence-electron chi connectivity index (χ0n) is 11.3. The van der Waals surface area contributed by atoms with Crippen LogP contribution in [0.1, 0.15) is 27.2 Å². The summed E-state index contributed by atoms with van der Waals surface area (Å²) in [4.78, 5) is 24.4. The Balaban J connectivity index is 2.88. The first-order valence-corrected chi connectivity index (χ1v) is 6.30. The van der Waals surface area contributed by atoms with Crippen molar-refractivity contribution >= 4 is 29.1 Å². The zero-order chi connectivity index (χ0) is 14.6. The summed E-state index contributed by atoms with van der Waals surface area (Å²) in [5.74, 6) is -0.327. The number of hydrazine groups is 1. The molecule has 1 N–H and O–H groups in total. The van der Waals surface area contributed by atoms with Crippen molar-refractivity contribution in [3.63, 3.8) is 0 Å². The number of rotatable bonds is 3. The Morgan fingerprint density at radius 1 is 1.58 bits per heavy atom. The summed E-state index contributed by atoms with van der Waals surface area (Å²) in [6.07, 6.45) is 2.36. The largest absolute Gasteiger partial charge is 0.442 e. The number of allylic oxidation sites excluding steroid dienone is 1. The quantitative estimate of drug-likeness (QED) is 0.791. The van der Waals surface area contributed by atoms with Crippen LogP contribution in [0.25, 0.3) is 0 Å². The van der Waals surface area contributed by atoms with Gasteiger partial charge in [0.25, 0.3) is 5.91 Å². The van der Waals surface area contributed by atoms with Crippen molar-refractivity contribution in [1.29, 1.82) is 0 Å². The molecular weight excluding hydrogens is 268 g/mol. The van der Waals surface area contributed by atoms with E-state index in [9.17, 15) is 9.59 Å². The maximum absolute atomic E-state index is 12.0. The third kappa shape index (κ3) is 4.60. The van der Waals surface area contributed by atoms with Crippen LogP contribution in [0, 0.1) is 0 Å². The van der Waals surface area contributed by atoms with E-state index in [0.717, 1.165) is 10.0 Å². The number of hydrogen-bond donors (Lipinski definition) is 1. The fraction of sp³-hybridized carbons (Fsp3) is 0.583. The van der Waals surface area contributed by atoms with Crippen LogP contribution in [0.4, 0.5) is 4.79 Å². The molecule has 0 aliphatic carbocycles. The summed E-state index contributed by atoms with van der Waals surface area (Å²) in [7, 11) is 0. The molecule has 0 aromatic heterocycles. The van der Waals surface area contributed by atoms with E-state index in [-0.39, 0.29) is 25.5 Å². The maximum Gasteiger partial charge on any atom is 0.429 e. The molecule has 0 spiro atoms. The van der Waals surface area contributed by atoms with Crippen LogP contribution in [0.3, 0.4) is 0 Å². The highest BCUT2D eigenvalue weighted by Gasteiger charge is 2.30. The molecule has 0 saturated heterocycles. The van der Waals surface area contributed by atoms with Crippen molar-refractivity contribution < 1.29 is 19.4 Å². The smallest absolute Gasteiger partial charge is 0.429 e. The molecule has 0 aromatic carbocycles. The highest BCUT2D eigenvalue weighted by molar-refractivity contribution is 7.80. The SMILES string of the molecule is CC(C)(C)OC(=O)N(CCO)N1C=CC(=S)CC1=O. The second-order valence-corrected chi connectivity index (χ2v) is 5.55. The minimum atomic E-state index is -0.688. The lowest BCUT2D eigenvalue weighted by Crippen LogP contribution is -2.51. The van der Waals surface area contributed by atoms with Gasteiger partial charge in [0.2, 0.25) is 0 Å². The summed E-state index contributed by atoms with van der Waals surface area (Å²) in [5, 5.41) is 11.2. The van der Waals surface area contributed by atoms with E-state index in [1.807, 2.05) is 0 Å². The van der Waals surface area contributed by atoms with Gasteiger partial charge in [-0.1, -0.05) is 12.2 Å². The van der Waals surface area contributed by atoms with Crippen molar-refractivity contribution in [1.82, 2.24) is 10.0 Å². The Morgan fingerprint density at radius 3 is 2.68 bits per heavy atom. The van der Waals surface area contributed by atoms with E-state index in [1.165, 1.54) is 6.20 Å². The molecule has 1 aliphatic heterocycles. The summed E-state index contributed by atoms with van der Waals surface area (Å²) in [6, 6.07) is 0. The lowest BCUT2D eigenvalue weighted by Gasteiger charge is -2.34. The summed E-state index contributed by atoms with van der Waals surface area (Å²) < 4.78 is 5.20. The molecule has 7 heteroatoms. The Kier molecular flexibility index (Phi) is 5.02. The van der Waals surface area contributed by atoms with E-state index in [4.69, 9.17) is 22.1 Å². The number of aliphatic hydroxyl groups excluding tert-OH is 1. The number of ether oxygens (including phenoxy) is 1. The van der Waals surface area contributed by atoms with Gasteiger partial charge in [-0.25, -0.2) is 14.8 Å². The van der Waals surface area contributed by atoms with Crippen LogP contribution in [-0.4, -0.2) is 50.7 Å². The highest BCUT2D eigenvalue weighted by Crippen LogP contribution is 2.15. The first kappa shape index (κ1) is 15.6. The third-order valence-electron chi connectivity index (χ3n) is 2.16. The fourth-order valence-corrected chi connectivity index (χ4v) is 1.62. The van der Waals surface area contributed by atoms with Gasteiger partial charge in [0.15, 0.2) is 0 Å². The summed E-state index contributed by atoms with van der Waals surface area (Å²) >= 11 is 4.92. The average Bonchev–Trinajstić information content (AvgIpc) is 2.24. The Labute approximate surface area is 117 Å². The van der Waals surface area contributed by atoms with Crippen molar-refractivity contribution in [2.75, 3.05) is 13.2 Å². The highest BCUT2D eigenvalue weighted by atomic mass is 32.1. The molecule has 19 heavy (non-hydrogen) atoms. The first-order chi connectivity index (χ1) is 8.74. The van der Waals surface area contributed by atoms with Gasteiger partial charge in [0.05, 0.1) is 19.6 Å². The van der Waals surface area contributed by atoms with Gasteiger partial charge < -0.3 is 9.84 Å². The van der Waals surface area contributed by atoms with E-state index in [0.29, 0.717) is 4.86 Å². The normalized spacial score (nSPS) is 15.7. The molecule has 0 saturated carbocycles. The maximum atomic E-state index is 12.0. The molecule has 0 radical (unpaired) electrons. The van der Waals surface area contributed by atoms with Crippen LogP contribution >= 0.6 is 12.2 Å². The number of aliphatic hydroxyl groups is 1. The molecule has 1 rings (SSSR count). The molecule has 2 amide bonds. The molecule has 6 nitrogen and oxygen atoms in total. The molecule has 0 bridgehead atoms. The minimum absolute atomic E-state index is 0.0300. The molecule has 1 aliphatic rings. The van der Waals surface area contributed by atoms with Crippen molar-refractivity contribution in [3.8, 4) is 0 Å². The van der Waals surface area contributed by atoms with Crippen molar-refractivity contribution in [2.24, 2.45) is 0 Å². The van der Waals surface area contributed by atoms with Gasteiger partial charge in [-0.3, -0.25) is 4.79 Å². The number of amides is 2. The topological polar surface area (TPSA) is 70.1 Å². The van der Waals surface area contributed by atoms with Gasteiger partial charge in [-0.2, -0.15) is 0 Å². The van der Waals surface area contributed by atoms with E-state index in [2.05, 4.69) is 0 Å². The van der Waals surface area contributed by atoms with Crippen LogP contribution in [0.2, 0.25) is 0 Å². The van der Waals surface area contributed by atoms with E-state index in [1.54, 1.807) is 26.8 Å².